The molecule has 0 aliphatic rings. The maximum absolute atomic E-state index is 11.6. The van der Waals surface area contributed by atoms with Crippen LogP contribution >= 0.6 is 0 Å². The third kappa shape index (κ3) is 7.46. The van der Waals surface area contributed by atoms with Crippen molar-refractivity contribution in [3.05, 3.63) is 29.8 Å². The van der Waals surface area contributed by atoms with E-state index < -0.39 is 0 Å². The summed E-state index contributed by atoms with van der Waals surface area (Å²) in [5, 5.41) is 3.05. The Labute approximate surface area is 125 Å². The molecule has 0 saturated heterocycles. The van der Waals surface area contributed by atoms with Gasteiger partial charge in [-0.05, 0) is 24.1 Å². The number of benzene rings is 1. The highest BCUT2D eigenvalue weighted by atomic mass is 16.5. The molecule has 0 amide bonds. The second-order valence-corrected chi connectivity index (χ2v) is 5.08. The number of rotatable bonds is 9. The van der Waals surface area contributed by atoms with Crippen LogP contribution in [0.5, 0.6) is 5.75 Å². The number of esters is 1. The van der Waals surface area contributed by atoms with Crippen molar-refractivity contribution in [2.24, 2.45) is 0 Å². The summed E-state index contributed by atoms with van der Waals surface area (Å²) in [6.07, 6.45) is 0.986. The average Bonchev–Trinajstić information content (AvgIpc) is 2.49. The van der Waals surface area contributed by atoms with Gasteiger partial charge in [0.15, 0.2) is 5.78 Å². The number of hydrogen-bond acceptors (Lipinski definition) is 5. The van der Waals surface area contributed by atoms with E-state index in [2.05, 4.69) is 10.1 Å². The van der Waals surface area contributed by atoms with Gasteiger partial charge in [-0.3, -0.25) is 9.59 Å². The number of nitrogens with one attached hydrogen (secondary N) is 1. The van der Waals surface area contributed by atoms with E-state index >= 15 is 0 Å². The zero-order chi connectivity index (χ0) is 15.7. The number of ether oxygens (including phenoxy) is 2. The van der Waals surface area contributed by atoms with E-state index in [1.807, 2.05) is 26.0 Å². The first-order valence-electron chi connectivity index (χ1n) is 7.05. The van der Waals surface area contributed by atoms with Crippen LogP contribution in [0.3, 0.4) is 0 Å². The summed E-state index contributed by atoms with van der Waals surface area (Å²) in [4.78, 5) is 22.6. The van der Waals surface area contributed by atoms with Crippen molar-refractivity contribution >= 4 is 11.8 Å². The summed E-state index contributed by atoms with van der Waals surface area (Å²) in [5.74, 6) is 0.437. The summed E-state index contributed by atoms with van der Waals surface area (Å²) in [6, 6.07) is 7.65. The lowest BCUT2D eigenvalue weighted by atomic mass is 10.1. The highest BCUT2D eigenvalue weighted by molar-refractivity contribution is 5.82. The number of methoxy groups -OCH3 is 1. The Morgan fingerprint density at radius 3 is 2.43 bits per heavy atom. The molecule has 1 aromatic rings. The molecule has 0 fully saturated rings. The van der Waals surface area contributed by atoms with Crippen LogP contribution in [0.2, 0.25) is 0 Å². The standard InChI is InChI=1S/C16H23NO4/c1-12(2)17-10-14(18)11-21-15-7-4-13(5-8-15)6-9-16(19)20-3/h4-5,7-8,12,17H,6,9-11H2,1-3H3. The highest BCUT2D eigenvalue weighted by Crippen LogP contribution is 2.13. The summed E-state index contributed by atoms with van der Waals surface area (Å²) in [7, 11) is 1.38. The molecule has 0 aliphatic heterocycles. The van der Waals surface area contributed by atoms with Crippen LogP contribution in [0, 0.1) is 0 Å². The summed E-state index contributed by atoms with van der Waals surface area (Å²) in [5.41, 5.74) is 1.03. The fourth-order valence-electron chi connectivity index (χ4n) is 1.63. The molecule has 0 bridgehead atoms. The lowest BCUT2D eigenvalue weighted by Crippen LogP contribution is -2.31. The molecule has 0 aliphatic carbocycles. The van der Waals surface area contributed by atoms with Gasteiger partial charge in [0.2, 0.25) is 0 Å². The van der Waals surface area contributed by atoms with Gasteiger partial charge in [-0.1, -0.05) is 26.0 Å². The van der Waals surface area contributed by atoms with Gasteiger partial charge in [-0.15, -0.1) is 0 Å². The molecular formula is C16H23NO4. The highest BCUT2D eigenvalue weighted by Gasteiger charge is 2.05. The topological polar surface area (TPSA) is 64.6 Å². The molecular weight excluding hydrogens is 270 g/mol. The maximum Gasteiger partial charge on any atom is 0.305 e. The van der Waals surface area contributed by atoms with Gasteiger partial charge in [-0.2, -0.15) is 0 Å². The van der Waals surface area contributed by atoms with Crippen LogP contribution in [-0.4, -0.2) is 38.1 Å². The molecule has 5 heteroatoms. The van der Waals surface area contributed by atoms with Crippen LogP contribution in [0.4, 0.5) is 0 Å². The van der Waals surface area contributed by atoms with Crippen LogP contribution in [-0.2, 0) is 20.7 Å². The minimum absolute atomic E-state index is 0.0125. The largest absolute Gasteiger partial charge is 0.486 e. The van der Waals surface area contributed by atoms with Gasteiger partial charge in [0, 0.05) is 12.5 Å². The predicted molar refractivity (Wildman–Crippen MR) is 80.4 cm³/mol. The molecule has 1 rings (SSSR count). The van der Waals surface area contributed by atoms with Crippen molar-refractivity contribution in [2.45, 2.75) is 32.7 Å². The van der Waals surface area contributed by atoms with E-state index in [-0.39, 0.29) is 24.4 Å². The fourth-order valence-corrected chi connectivity index (χ4v) is 1.63. The minimum Gasteiger partial charge on any atom is -0.486 e. The zero-order valence-corrected chi connectivity index (χ0v) is 12.8. The van der Waals surface area contributed by atoms with Crippen LogP contribution in [0.1, 0.15) is 25.8 Å². The van der Waals surface area contributed by atoms with Crippen molar-refractivity contribution in [3.8, 4) is 5.75 Å². The van der Waals surface area contributed by atoms with Gasteiger partial charge in [0.25, 0.3) is 0 Å². The molecule has 5 nitrogen and oxygen atoms in total. The first kappa shape index (κ1) is 17.2. The summed E-state index contributed by atoms with van der Waals surface area (Å²) in [6.45, 7) is 4.35. The Bertz CT molecular complexity index is 454. The second kappa shape index (κ2) is 9.13. The third-order valence-electron chi connectivity index (χ3n) is 2.88. The van der Waals surface area contributed by atoms with Crippen molar-refractivity contribution in [1.82, 2.24) is 5.32 Å². The molecule has 0 heterocycles. The predicted octanol–water partition coefficient (Wildman–Crippen LogP) is 1.74. The number of carbonyl (C=O) groups is 2. The molecule has 1 aromatic carbocycles. The fraction of sp³-hybridized carbons (Fsp3) is 0.500. The van der Waals surface area contributed by atoms with Crippen LogP contribution < -0.4 is 10.1 Å². The first-order valence-corrected chi connectivity index (χ1v) is 7.05. The van der Waals surface area contributed by atoms with E-state index in [0.29, 0.717) is 25.1 Å². The SMILES string of the molecule is COC(=O)CCc1ccc(OCC(=O)CNC(C)C)cc1. The summed E-state index contributed by atoms with van der Waals surface area (Å²) >= 11 is 0. The van der Waals surface area contributed by atoms with E-state index in [4.69, 9.17) is 4.74 Å². The lowest BCUT2D eigenvalue weighted by Gasteiger charge is -2.09. The van der Waals surface area contributed by atoms with Gasteiger partial charge in [-0.25, -0.2) is 0 Å². The molecule has 0 aromatic heterocycles. The molecule has 0 radical (unpaired) electrons. The Kier molecular flexibility index (Phi) is 7.46. The summed E-state index contributed by atoms with van der Waals surface area (Å²) < 4.78 is 10.0. The number of carbonyl (C=O) groups excluding carboxylic acids is 2. The van der Waals surface area contributed by atoms with Crippen molar-refractivity contribution < 1.29 is 19.1 Å². The Morgan fingerprint density at radius 1 is 1.19 bits per heavy atom. The first-order chi connectivity index (χ1) is 10.0. The monoisotopic (exact) mass is 293 g/mol. The lowest BCUT2D eigenvalue weighted by molar-refractivity contribution is -0.140. The number of aryl methyl sites for hydroxylation is 1. The molecule has 21 heavy (non-hydrogen) atoms. The van der Waals surface area contributed by atoms with Crippen molar-refractivity contribution in [3.63, 3.8) is 0 Å². The molecule has 0 atom stereocenters. The van der Waals surface area contributed by atoms with E-state index in [9.17, 15) is 9.59 Å². The molecule has 0 unspecified atom stereocenters. The normalized spacial score (nSPS) is 10.5. The van der Waals surface area contributed by atoms with Crippen molar-refractivity contribution in [2.75, 3.05) is 20.3 Å². The van der Waals surface area contributed by atoms with Gasteiger partial charge in [0.05, 0.1) is 13.7 Å². The quantitative estimate of drug-likeness (QED) is 0.703. The third-order valence-corrected chi connectivity index (χ3v) is 2.88. The number of hydrogen-bond donors (Lipinski definition) is 1. The average molecular weight is 293 g/mol. The van der Waals surface area contributed by atoms with E-state index in [0.717, 1.165) is 5.56 Å². The van der Waals surface area contributed by atoms with E-state index in [1.54, 1.807) is 12.1 Å². The molecule has 1 N–H and O–H groups in total. The van der Waals surface area contributed by atoms with E-state index in [1.165, 1.54) is 7.11 Å². The second-order valence-electron chi connectivity index (χ2n) is 5.08. The van der Waals surface area contributed by atoms with Gasteiger partial charge in [0.1, 0.15) is 12.4 Å². The zero-order valence-electron chi connectivity index (χ0n) is 12.8. The Balaban J connectivity index is 2.34. The van der Waals surface area contributed by atoms with Gasteiger partial charge >= 0.3 is 5.97 Å². The number of ketones is 1. The molecule has 116 valence electrons. The van der Waals surface area contributed by atoms with Crippen LogP contribution in [0.25, 0.3) is 0 Å². The minimum atomic E-state index is -0.224. The smallest absolute Gasteiger partial charge is 0.305 e. The van der Waals surface area contributed by atoms with Crippen molar-refractivity contribution in [1.29, 1.82) is 0 Å². The molecule has 0 spiro atoms. The van der Waals surface area contributed by atoms with Gasteiger partial charge < -0.3 is 14.8 Å². The Morgan fingerprint density at radius 2 is 1.86 bits per heavy atom. The van der Waals surface area contributed by atoms with Crippen LogP contribution in [0.15, 0.2) is 24.3 Å². The Hall–Kier alpha value is -1.88. The molecule has 0 saturated carbocycles. The maximum atomic E-state index is 11.6. The number of Topliss-reactive ketones (excluding diaryl/α,β-unsaturated/α-hetero) is 1.